The molecule has 1 aliphatic rings. The van der Waals surface area contributed by atoms with E-state index in [1.165, 1.54) is 24.3 Å². The normalized spacial score (nSPS) is 17.3. The molecule has 29 heavy (non-hydrogen) atoms. The van der Waals surface area contributed by atoms with Crippen molar-refractivity contribution in [3.8, 4) is 0 Å². The Bertz CT molecular complexity index is 891. The maximum atomic E-state index is 13.1. The van der Waals surface area contributed by atoms with Crippen LogP contribution < -0.4 is 5.32 Å². The molecular weight excluding hydrogens is 395 g/mol. The molecule has 0 aliphatic carbocycles. The highest BCUT2D eigenvalue weighted by Gasteiger charge is 2.27. The van der Waals surface area contributed by atoms with Gasteiger partial charge in [0.1, 0.15) is 5.82 Å². The number of rotatable bonds is 10. The van der Waals surface area contributed by atoms with E-state index in [1.54, 1.807) is 10.8 Å². The fraction of sp³-hybridized carbons (Fsp3) is 0.550. The van der Waals surface area contributed by atoms with E-state index in [9.17, 15) is 12.8 Å². The number of hydrogen-bond donors (Lipinski definition) is 1. The first-order valence-electron chi connectivity index (χ1n) is 9.84. The Kier molecular flexibility index (Phi) is 7.39. The van der Waals surface area contributed by atoms with Gasteiger partial charge in [0.15, 0.2) is 0 Å². The van der Waals surface area contributed by atoms with Gasteiger partial charge in [-0.2, -0.15) is 0 Å². The van der Waals surface area contributed by atoms with Crippen molar-refractivity contribution in [2.45, 2.75) is 42.9 Å². The number of nitrogens with one attached hydrogen (secondary N) is 1. The number of nitrogens with zero attached hydrogens (tertiary/aromatic N) is 3. The van der Waals surface area contributed by atoms with Crippen LogP contribution in [-0.4, -0.2) is 62.8 Å². The second-order valence-electron chi connectivity index (χ2n) is 7.64. The zero-order valence-corrected chi connectivity index (χ0v) is 17.8. The lowest BCUT2D eigenvalue weighted by molar-refractivity contribution is 0.0940. The number of aromatic nitrogens is 2. The summed E-state index contributed by atoms with van der Waals surface area (Å²) in [6.07, 6.45) is 3.50. The Morgan fingerprint density at radius 3 is 2.72 bits per heavy atom. The molecule has 0 bridgehead atoms. The molecule has 1 N–H and O–H groups in total. The Hall–Kier alpha value is -1.81. The summed E-state index contributed by atoms with van der Waals surface area (Å²) in [5.74, 6) is -0.610. The lowest BCUT2D eigenvalue weighted by atomic mass is 10.2. The monoisotopic (exact) mass is 424 g/mol. The first-order valence-corrected chi connectivity index (χ1v) is 11.5. The summed E-state index contributed by atoms with van der Waals surface area (Å²) in [6, 6.07) is 5.52. The molecule has 160 valence electrons. The first-order chi connectivity index (χ1) is 13.8. The van der Waals surface area contributed by atoms with Crippen molar-refractivity contribution >= 4 is 9.84 Å². The SMILES string of the molecule is CN(C)CCNCc1cnc(S(=O)(=O)Cc2ccc(F)cc2)n1CC1CCCO1. The highest BCUT2D eigenvalue weighted by molar-refractivity contribution is 7.90. The van der Waals surface area contributed by atoms with Gasteiger partial charge in [-0.25, -0.2) is 17.8 Å². The van der Waals surface area contributed by atoms with E-state index in [1.807, 2.05) is 14.1 Å². The van der Waals surface area contributed by atoms with Gasteiger partial charge < -0.3 is 19.5 Å². The average molecular weight is 425 g/mol. The summed E-state index contributed by atoms with van der Waals surface area (Å²) in [5, 5.41) is 3.38. The van der Waals surface area contributed by atoms with Gasteiger partial charge in [-0.15, -0.1) is 0 Å². The molecule has 0 spiro atoms. The third kappa shape index (κ3) is 6.08. The maximum Gasteiger partial charge on any atom is 0.228 e. The standard InChI is InChI=1S/C20H29FN4O3S/c1-24(2)10-9-22-12-18-13-23-20(25(18)14-19-4-3-11-28-19)29(26,27)15-16-5-7-17(21)8-6-16/h5-8,13,19,22H,3-4,9-12,14-15H2,1-2H3. The summed E-state index contributed by atoms with van der Waals surface area (Å²) in [7, 11) is 0.323. The predicted octanol–water partition coefficient (Wildman–Crippen LogP) is 1.83. The van der Waals surface area contributed by atoms with Crippen LogP contribution in [-0.2, 0) is 33.4 Å². The summed E-state index contributed by atoms with van der Waals surface area (Å²) < 4.78 is 46.8. The molecule has 1 atom stereocenters. The highest BCUT2D eigenvalue weighted by atomic mass is 32.2. The average Bonchev–Trinajstić information content (AvgIpc) is 3.31. The third-order valence-electron chi connectivity index (χ3n) is 4.90. The zero-order valence-electron chi connectivity index (χ0n) is 17.0. The molecule has 2 heterocycles. The minimum atomic E-state index is -3.68. The zero-order chi connectivity index (χ0) is 20.9. The smallest absolute Gasteiger partial charge is 0.228 e. The molecule has 9 heteroatoms. The molecule has 0 amide bonds. The van der Waals surface area contributed by atoms with Crippen LogP contribution in [0.25, 0.3) is 0 Å². The summed E-state index contributed by atoms with van der Waals surface area (Å²) in [4.78, 5) is 6.33. The van der Waals surface area contributed by atoms with E-state index in [0.29, 0.717) is 25.3 Å². The van der Waals surface area contributed by atoms with Crippen molar-refractivity contribution < 1.29 is 17.5 Å². The molecule has 1 fully saturated rings. The highest BCUT2D eigenvalue weighted by Crippen LogP contribution is 2.21. The second-order valence-corrected chi connectivity index (χ2v) is 9.53. The molecule has 7 nitrogen and oxygen atoms in total. The molecular formula is C20H29FN4O3S. The quantitative estimate of drug-likeness (QED) is 0.587. The second kappa shape index (κ2) is 9.80. The van der Waals surface area contributed by atoms with Gasteiger partial charge in [-0.05, 0) is 44.6 Å². The van der Waals surface area contributed by atoms with E-state index in [2.05, 4.69) is 15.2 Å². The maximum absolute atomic E-state index is 13.1. The molecule has 1 aromatic carbocycles. The van der Waals surface area contributed by atoms with Crippen LogP contribution in [0.5, 0.6) is 0 Å². The van der Waals surface area contributed by atoms with Crippen LogP contribution >= 0.6 is 0 Å². The lowest BCUT2D eigenvalue weighted by Crippen LogP contribution is -2.28. The van der Waals surface area contributed by atoms with Gasteiger partial charge in [0, 0.05) is 26.2 Å². The number of sulfone groups is 1. The molecule has 3 rings (SSSR count). The van der Waals surface area contributed by atoms with Crippen molar-refractivity contribution in [3.05, 3.63) is 47.5 Å². The Balaban J connectivity index is 1.80. The van der Waals surface area contributed by atoms with Crippen LogP contribution in [0, 0.1) is 5.82 Å². The van der Waals surface area contributed by atoms with Crippen LogP contribution in [0.15, 0.2) is 35.6 Å². The van der Waals surface area contributed by atoms with Crippen molar-refractivity contribution in [2.75, 3.05) is 33.8 Å². The fourth-order valence-electron chi connectivity index (χ4n) is 3.35. The van der Waals surface area contributed by atoms with Crippen molar-refractivity contribution in [1.29, 1.82) is 0 Å². The number of likely N-dealkylation sites (N-methyl/N-ethyl adjacent to an activating group) is 1. The number of hydrogen-bond acceptors (Lipinski definition) is 6. The van der Waals surface area contributed by atoms with Crippen LogP contribution in [0.4, 0.5) is 4.39 Å². The van der Waals surface area contributed by atoms with Crippen LogP contribution in [0.3, 0.4) is 0 Å². The molecule has 1 aromatic heterocycles. The topological polar surface area (TPSA) is 76.5 Å². The van der Waals surface area contributed by atoms with Gasteiger partial charge in [0.05, 0.1) is 30.3 Å². The molecule has 1 unspecified atom stereocenters. The van der Waals surface area contributed by atoms with Gasteiger partial charge in [-0.3, -0.25) is 0 Å². The minimum absolute atomic E-state index is 0.00973. The van der Waals surface area contributed by atoms with Gasteiger partial charge in [-0.1, -0.05) is 12.1 Å². The van der Waals surface area contributed by atoms with Crippen LogP contribution in [0.1, 0.15) is 24.1 Å². The first kappa shape index (κ1) is 21.9. The molecule has 0 saturated carbocycles. The summed E-state index contributed by atoms with van der Waals surface area (Å²) in [6.45, 7) is 3.36. The van der Waals surface area contributed by atoms with E-state index in [-0.39, 0.29) is 17.0 Å². The Morgan fingerprint density at radius 1 is 1.31 bits per heavy atom. The molecule has 1 aliphatic heterocycles. The number of imidazole rings is 1. The van der Waals surface area contributed by atoms with E-state index in [0.717, 1.165) is 31.6 Å². The lowest BCUT2D eigenvalue weighted by Gasteiger charge is -2.17. The largest absolute Gasteiger partial charge is 0.376 e. The number of halogens is 1. The van der Waals surface area contributed by atoms with Gasteiger partial charge in [0.2, 0.25) is 15.0 Å². The molecule has 0 radical (unpaired) electrons. The van der Waals surface area contributed by atoms with E-state index in [4.69, 9.17) is 4.74 Å². The van der Waals surface area contributed by atoms with Crippen molar-refractivity contribution in [2.24, 2.45) is 0 Å². The summed E-state index contributed by atoms with van der Waals surface area (Å²) >= 11 is 0. The van der Waals surface area contributed by atoms with Crippen molar-refractivity contribution in [1.82, 2.24) is 19.8 Å². The van der Waals surface area contributed by atoms with E-state index < -0.39 is 15.7 Å². The van der Waals surface area contributed by atoms with E-state index >= 15 is 0 Å². The van der Waals surface area contributed by atoms with Crippen molar-refractivity contribution in [3.63, 3.8) is 0 Å². The summed E-state index contributed by atoms with van der Waals surface area (Å²) in [5.41, 5.74) is 1.35. The minimum Gasteiger partial charge on any atom is -0.376 e. The third-order valence-corrected chi connectivity index (χ3v) is 6.50. The molecule has 2 aromatic rings. The Labute approximate surface area is 171 Å². The Morgan fingerprint density at radius 2 is 2.07 bits per heavy atom. The predicted molar refractivity (Wildman–Crippen MR) is 109 cm³/mol. The number of benzene rings is 1. The fourth-order valence-corrected chi connectivity index (χ4v) is 4.85. The molecule has 1 saturated heterocycles. The number of ether oxygens (including phenoxy) is 1. The van der Waals surface area contributed by atoms with Gasteiger partial charge in [0.25, 0.3) is 0 Å². The van der Waals surface area contributed by atoms with Crippen LogP contribution in [0.2, 0.25) is 0 Å². The van der Waals surface area contributed by atoms with Gasteiger partial charge >= 0.3 is 0 Å².